The van der Waals surface area contributed by atoms with Gasteiger partial charge in [0.2, 0.25) is 5.95 Å². The third-order valence-corrected chi connectivity index (χ3v) is 7.57. The van der Waals surface area contributed by atoms with Gasteiger partial charge in [0.25, 0.3) is 0 Å². The molecule has 1 aromatic carbocycles. The normalized spacial score (nSPS) is 19.2. The average molecular weight is 450 g/mol. The molecule has 0 radical (unpaired) electrons. The standard InChI is InChI=1S/C22H32FN5O2S/c1-17(2)26-10-12-27(13-11-26)21-25-24-20(14-18-4-6-19(23)7-5-18)28(21)15-22(8-9-22)16-31(3,29)30/h4-7,17H,8-16H2,1-3H3. The summed E-state index contributed by atoms with van der Waals surface area (Å²) in [6.45, 7) is 8.68. The Balaban J connectivity index is 1.60. The first-order chi connectivity index (χ1) is 14.6. The Labute approximate surface area is 184 Å². The van der Waals surface area contributed by atoms with Crippen LogP contribution >= 0.6 is 0 Å². The molecule has 0 unspecified atom stereocenters. The molecular weight excluding hydrogens is 417 g/mol. The fraction of sp³-hybridized carbons (Fsp3) is 0.636. The lowest BCUT2D eigenvalue weighted by Crippen LogP contribution is -2.49. The van der Waals surface area contributed by atoms with Crippen molar-refractivity contribution in [1.82, 2.24) is 19.7 Å². The van der Waals surface area contributed by atoms with Crippen molar-refractivity contribution in [2.24, 2.45) is 5.41 Å². The number of hydrogen-bond donors (Lipinski definition) is 0. The quantitative estimate of drug-likeness (QED) is 0.616. The second kappa shape index (κ2) is 8.50. The summed E-state index contributed by atoms with van der Waals surface area (Å²) >= 11 is 0. The van der Waals surface area contributed by atoms with Crippen molar-refractivity contribution in [2.45, 2.75) is 45.7 Å². The van der Waals surface area contributed by atoms with Crippen LogP contribution in [0, 0.1) is 11.2 Å². The predicted octanol–water partition coefficient (Wildman–Crippen LogP) is 2.36. The minimum absolute atomic E-state index is 0.189. The lowest BCUT2D eigenvalue weighted by Gasteiger charge is -2.37. The molecule has 0 N–H and O–H groups in total. The van der Waals surface area contributed by atoms with Gasteiger partial charge in [0, 0.05) is 56.9 Å². The molecule has 0 atom stereocenters. The molecule has 4 rings (SSSR count). The van der Waals surface area contributed by atoms with Crippen LogP contribution in [0.2, 0.25) is 0 Å². The Morgan fingerprint density at radius 1 is 1.06 bits per heavy atom. The van der Waals surface area contributed by atoms with E-state index in [9.17, 15) is 12.8 Å². The lowest BCUT2D eigenvalue weighted by atomic mass is 10.1. The Bertz CT molecular complexity index is 1010. The summed E-state index contributed by atoms with van der Waals surface area (Å²) in [6, 6.07) is 6.94. The van der Waals surface area contributed by atoms with E-state index in [0.717, 1.165) is 56.4 Å². The smallest absolute Gasteiger partial charge is 0.227 e. The van der Waals surface area contributed by atoms with E-state index in [1.807, 2.05) is 0 Å². The van der Waals surface area contributed by atoms with Crippen molar-refractivity contribution in [3.05, 3.63) is 41.5 Å². The molecule has 1 aliphatic carbocycles. The van der Waals surface area contributed by atoms with Gasteiger partial charge in [-0.05, 0) is 44.4 Å². The van der Waals surface area contributed by atoms with E-state index in [2.05, 4.69) is 38.4 Å². The van der Waals surface area contributed by atoms with E-state index in [1.165, 1.54) is 18.4 Å². The molecule has 0 spiro atoms. The van der Waals surface area contributed by atoms with Crippen LogP contribution in [0.25, 0.3) is 0 Å². The molecular formula is C22H32FN5O2S. The minimum Gasteiger partial charge on any atom is -0.338 e. The SMILES string of the molecule is CC(C)N1CCN(c2nnc(Cc3ccc(F)cc3)n2CC2(CS(C)(=O)=O)CC2)CC1. The molecule has 0 amide bonds. The highest BCUT2D eigenvalue weighted by Crippen LogP contribution is 2.49. The van der Waals surface area contributed by atoms with Gasteiger partial charge in [0.1, 0.15) is 21.5 Å². The first kappa shape index (κ1) is 22.2. The molecule has 1 aromatic heterocycles. The van der Waals surface area contributed by atoms with E-state index < -0.39 is 9.84 Å². The summed E-state index contributed by atoms with van der Waals surface area (Å²) in [6.07, 6.45) is 3.64. The van der Waals surface area contributed by atoms with Gasteiger partial charge in [-0.1, -0.05) is 12.1 Å². The van der Waals surface area contributed by atoms with Crippen molar-refractivity contribution in [3.8, 4) is 0 Å². The molecule has 7 nitrogen and oxygen atoms in total. The molecule has 2 heterocycles. The van der Waals surface area contributed by atoms with Gasteiger partial charge in [0.15, 0.2) is 0 Å². The van der Waals surface area contributed by atoms with Crippen LogP contribution in [-0.2, 0) is 22.8 Å². The Morgan fingerprint density at radius 3 is 2.26 bits per heavy atom. The Kier molecular flexibility index (Phi) is 6.09. The number of piperazine rings is 1. The summed E-state index contributed by atoms with van der Waals surface area (Å²) in [5, 5.41) is 9.01. The van der Waals surface area contributed by atoms with Crippen LogP contribution in [0.3, 0.4) is 0 Å². The summed E-state index contributed by atoms with van der Waals surface area (Å²) in [5.41, 5.74) is 0.723. The molecule has 2 aromatic rings. The third kappa shape index (κ3) is 5.44. The third-order valence-electron chi connectivity index (χ3n) is 6.43. The van der Waals surface area contributed by atoms with E-state index >= 15 is 0 Å². The summed E-state index contributed by atoms with van der Waals surface area (Å²) in [7, 11) is -3.07. The number of rotatable bonds is 8. The number of halogens is 1. The van der Waals surface area contributed by atoms with Crippen molar-refractivity contribution in [2.75, 3.05) is 43.1 Å². The molecule has 170 valence electrons. The average Bonchev–Trinajstić information content (AvgIpc) is 3.34. The predicted molar refractivity (Wildman–Crippen MR) is 120 cm³/mol. The second-order valence-electron chi connectivity index (χ2n) is 9.49. The minimum atomic E-state index is -3.07. The first-order valence-electron chi connectivity index (χ1n) is 11.0. The molecule has 1 saturated heterocycles. The Morgan fingerprint density at radius 2 is 1.71 bits per heavy atom. The van der Waals surface area contributed by atoms with Crippen LogP contribution in [-0.4, -0.2) is 72.3 Å². The van der Waals surface area contributed by atoms with E-state index in [4.69, 9.17) is 0 Å². The van der Waals surface area contributed by atoms with Crippen LogP contribution in [0.4, 0.5) is 10.3 Å². The number of nitrogens with zero attached hydrogens (tertiary/aromatic N) is 5. The molecule has 2 fully saturated rings. The number of aromatic nitrogens is 3. The molecule has 2 aliphatic rings. The van der Waals surface area contributed by atoms with Gasteiger partial charge in [-0.3, -0.25) is 9.47 Å². The maximum Gasteiger partial charge on any atom is 0.227 e. The number of hydrogen-bond acceptors (Lipinski definition) is 6. The van der Waals surface area contributed by atoms with Crippen LogP contribution in [0.15, 0.2) is 24.3 Å². The van der Waals surface area contributed by atoms with Crippen molar-refractivity contribution < 1.29 is 12.8 Å². The van der Waals surface area contributed by atoms with Gasteiger partial charge in [-0.25, -0.2) is 12.8 Å². The highest BCUT2D eigenvalue weighted by Gasteiger charge is 2.46. The van der Waals surface area contributed by atoms with Crippen molar-refractivity contribution in [1.29, 1.82) is 0 Å². The first-order valence-corrected chi connectivity index (χ1v) is 13.0. The van der Waals surface area contributed by atoms with Crippen LogP contribution < -0.4 is 4.90 Å². The lowest BCUT2D eigenvalue weighted by molar-refractivity contribution is 0.208. The summed E-state index contributed by atoms with van der Waals surface area (Å²) in [5.74, 6) is 1.54. The van der Waals surface area contributed by atoms with E-state index in [-0.39, 0.29) is 17.0 Å². The molecule has 1 saturated carbocycles. The largest absolute Gasteiger partial charge is 0.338 e. The topological polar surface area (TPSA) is 71.3 Å². The summed E-state index contributed by atoms with van der Waals surface area (Å²) in [4.78, 5) is 4.71. The zero-order valence-electron chi connectivity index (χ0n) is 18.6. The highest BCUT2D eigenvalue weighted by molar-refractivity contribution is 7.90. The van der Waals surface area contributed by atoms with Gasteiger partial charge >= 0.3 is 0 Å². The van der Waals surface area contributed by atoms with Crippen molar-refractivity contribution >= 4 is 15.8 Å². The molecule has 9 heteroatoms. The monoisotopic (exact) mass is 449 g/mol. The Hall–Kier alpha value is -2.00. The zero-order chi connectivity index (χ0) is 22.2. The maximum atomic E-state index is 13.3. The molecule has 1 aliphatic heterocycles. The maximum absolute atomic E-state index is 13.3. The van der Waals surface area contributed by atoms with Gasteiger partial charge < -0.3 is 4.90 Å². The van der Waals surface area contributed by atoms with Gasteiger partial charge in [-0.15, -0.1) is 10.2 Å². The molecule has 0 bridgehead atoms. The fourth-order valence-corrected chi connectivity index (χ4v) is 5.98. The second-order valence-corrected chi connectivity index (χ2v) is 11.6. The zero-order valence-corrected chi connectivity index (χ0v) is 19.4. The number of benzene rings is 1. The van der Waals surface area contributed by atoms with E-state index in [1.54, 1.807) is 12.1 Å². The summed E-state index contributed by atoms with van der Waals surface area (Å²) < 4.78 is 39.5. The van der Waals surface area contributed by atoms with Crippen LogP contribution in [0.5, 0.6) is 0 Å². The van der Waals surface area contributed by atoms with E-state index in [0.29, 0.717) is 19.0 Å². The highest BCUT2D eigenvalue weighted by atomic mass is 32.2. The van der Waals surface area contributed by atoms with Crippen LogP contribution in [0.1, 0.15) is 38.1 Å². The van der Waals surface area contributed by atoms with Crippen molar-refractivity contribution in [3.63, 3.8) is 0 Å². The number of sulfone groups is 1. The molecule has 31 heavy (non-hydrogen) atoms. The van der Waals surface area contributed by atoms with Gasteiger partial charge in [-0.2, -0.15) is 0 Å². The number of anilines is 1. The van der Waals surface area contributed by atoms with Gasteiger partial charge in [0.05, 0.1) is 5.75 Å². The fourth-order valence-electron chi connectivity index (χ4n) is 4.49.